The molecule has 1 heterocycles. The van der Waals surface area contributed by atoms with Crippen LogP contribution in [0.15, 0.2) is 30.6 Å². The van der Waals surface area contributed by atoms with Gasteiger partial charge in [0.2, 0.25) is 0 Å². The van der Waals surface area contributed by atoms with Crippen LogP contribution >= 0.6 is 0 Å². The number of rotatable bonds is 4. The van der Waals surface area contributed by atoms with Gasteiger partial charge >= 0.3 is 5.69 Å². The summed E-state index contributed by atoms with van der Waals surface area (Å²) in [6, 6.07) is 5.07. The average molecular weight is 247 g/mol. The van der Waals surface area contributed by atoms with Gasteiger partial charge in [0.1, 0.15) is 11.4 Å². The molecule has 0 radical (unpaired) electrons. The summed E-state index contributed by atoms with van der Waals surface area (Å²) >= 11 is 0. The molecule has 0 amide bonds. The molecule has 0 saturated carbocycles. The lowest BCUT2D eigenvalue weighted by atomic mass is 10.2. The summed E-state index contributed by atoms with van der Waals surface area (Å²) in [6.07, 6.45) is 3.35. The van der Waals surface area contributed by atoms with Crippen molar-refractivity contribution in [3.8, 4) is 0 Å². The number of para-hydroxylation sites is 1. The number of nitrogens with one attached hydrogen (secondary N) is 2. The fourth-order valence-corrected chi connectivity index (χ4v) is 1.68. The van der Waals surface area contributed by atoms with E-state index < -0.39 is 4.92 Å². The van der Waals surface area contributed by atoms with Gasteiger partial charge in [-0.25, -0.2) is 0 Å². The lowest BCUT2D eigenvalue weighted by Crippen LogP contribution is -2.01. The highest BCUT2D eigenvalue weighted by atomic mass is 16.6. The van der Waals surface area contributed by atoms with Crippen molar-refractivity contribution in [1.82, 2.24) is 9.78 Å². The van der Waals surface area contributed by atoms with E-state index in [0.717, 1.165) is 0 Å². The summed E-state index contributed by atoms with van der Waals surface area (Å²) in [5.74, 6) is 0. The fraction of sp³-hybridized carbons (Fsp3) is 0.182. The van der Waals surface area contributed by atoms with Gasteiger partial charge in [0.15, 0.2) is 0 Å². The molecule has 7 heteroatoms. The number of aromatic nitrogens is 2. The zero-order valence-electron chi connectivity index (χ0n) is 10.0. The zero-order valence-corrected chi connectivity index (χ0v) is 10.0. The summed E-state index contributed by atoms with van der Waals surface area (Å²) in [7, 11) is 3.43. The van der Waals surface area contributed by atoms with Crippen molar-refractivity contribution in [3.63, 3.8) is 0 Å². The minimum absolute atomic E-state index is 0.0175. The molecule has 0 saturated heterocycles. The summed E-state index contributed by atoms with van der Waals surface area (Å²) in [5, 5.41) is 20.9. The van der Waals surface area contributed by atoms with Crippen LogP contribution in [0.5, 0.6) is 0 Å². The van der Waals surface area contributed by atoms with Crippen LogP contribution in [0.25, 0.3) is 0 Å². The van der Waals surface area contributed by atoms with Crippen molar-refractivity contribution in [2.45, 2.75) is 0 Å². The Morgan fingerprint density at radius 2 is 2.11 bits per heavy atom. The van der Waals surface area contributed by atoms with Gasteiger partial charge in [-0.2, -0.15) is 5.10 Å². The molecule has 0 fully saturated rings. The summed E-state index contributed by atoms with van der Waals surface area (Å²) in [6.45, 7) is 0. The maximum atomic E-state index is 11.1. The van der Waals surface area contributed by atoms with Gasteiger partial charge in [0.25, 0.3) is 0 Å². The lowest BCUT2D eigenvalue weighted by Gasteiger charge is -2.08. The Hall–Kier alpha value is -2.57. The summed E-state index contributed by atoms with van der Waals surface area (Å²) < 4.78 is 1.62. The van der Waals surface area contributed by atoms with Gasteiger partial charge in [-0.3, -0.25) is 14.8 Å². The first-order chi connectivity index (χ1) is 8.61. The van der Waals surface area contributed by atoms with Crippen LogP contribution in [0, 0.1) is 10.1 Å². The second-order valence-corrected chi connectivity index (χ2v) is 3.74. The first-order valence-electron chi connectivity index (χ1n) is 5.32. The number of hydrogen-bond donors (Lipinski definition) is 2. The van der Waals surface area contributed by atoms with Gasteiger partial charge in [0.05, 0.1) is 16.8 Å². The number of aryl methyl sites for hydroxylation is 1. The number of anilines is 3. The van der Waals surface area contributed by atoms with Crippen molar-refractivity contribution in [3.05, 3.63) is 40.7 Å². The maximum Gasteiger partial charge on any atom is 0.315 e. The molecule has 1 aromatic carbocycles. The first-order valence-corrected chi connectivity index (χ1v) is 5.32. The molecular formula is C11H13N5O2. The molecule has 2 N–H and O–H groups in total. The minimum Gasteiger partial charge on any atom is -0.382 e. The van der Waals surface area contributed by atoms with Crippen molar-refractivity contribution >= 4 is 22.7 Å². The number of nitro groups is 1. The molecule has 0 aliphatic carbocycles. The minimum atomic E-state index is -0.412. The van der Waals surface area contributed by atoms with Crippen LogP contribution in [-0.4, -0.2) is 21.8 Å². The standard InChI is InChI=1S/C11H13N5O2/c1-12-9-4-3-5-10(11(9)16(17)18)14-8-6-13-15(2)7-8/h3-7,12,14H,1-2H3. The van der Waals surface area contributed by atoms with Crippen LogP contribution in [0.3, 0.4) is 0 Å². The third kappa shape index (κ3) is 2.24. The second-order valence-electron chi connectivity index (χ2n) is 3.74. The molecule has 0 aliphatic heterocycles. The fourth-order valence-electron chi connectivity index (χ4n) is 1.68. The van der Waals surface area contributed by atoms with Crippen LogP contribution in [-0.2, 0) is 7.05 Å². The Morgan fingerprint density at radius 3 is 2.67 bits per heavy atom. The molecule has 0 bridgehead atoms. The van der Waals surface area contributed by atoms with Gasteiger partial charge in [0, 0.05) is 20.3 Å². The number of hydrogen-bond acceptors (Lipinski definition) is 5. The molecular weight excluding hydrogens is 234 g/mol. The second kappa shape index (κ2) is 4.74. The normalized spacial score (nSPS) is 10.1. The van der Waals surface area contributed by atoms with Crippen molar-refractivity contribution in [1.29, 1.82) is 0 Å². The maximum absolute atomic E-state index is 11.1. The molecule has 0 aliphatic rings. The van der Waals surface area contributed by atoms with E-state index in [-0.39, 0.29) is 5.69 Å². The van der Waals surface area contributed by atoms with E-state index in [4.69, 9.17) is 0 Å². The Morgan fingerprint density at radius 1 is 1.39 bits per heavy atom. The van der Waals surface area contributed by atoms with Crippen LogP contribution in [0.4, 0.5) is 22.7 Å². The van der Waals surface area contributed by atoms with Gasteiger partial charge in [-0.1, -0.05) is 6.07 Å². The summed E-state index contributed by atoms with van der Waals surface area (Å²) in [5.41, 5.74) is 1.62. The van der Waals surface area contributed by atoms with E-state index in [1.165, 1.54) is 0 Å². The smallest absolute Gasteiger partial charge is 0.315 e. The Labute approximate surface area is 104 Å². The van der Waals surface area contributed by atoms with E-state index in [2.05, 4.69) is 15.7 Å². The van der Waals surface area contributed by atoms with Crippen LogP contribution in [0.2, 0.25) is 0 Å². The molecule has 2 aromatic rings. The highest BCUT2D eigenvalue weighted by Crippen LogP contribution is 2.34. The van der Waals surface area contributed by atoms with Crippen molar-refractivity contribution in [2.75, 3.05) is 17.7 Å². The van der Waals surface area contributed by atoms with E-state index in [1.54, 1.807) is 49.4 Å². The van der Waals surface area contributed by atoms with Crippen LogP contribution in [0.1, 0.15) is 0 Å². The number of nitrogens with zero attached hydrogens (tertiary/aromatic N) is 3. The van der Waals surface area contributed by atoms with E-state index >= 15 is 0 Å². The predicted octanol–water partition coefficient (Wildman–Crippen LogP) is 2.11. The zero-order chi connectivity index (χ0) is 13.1. The Kier molecular flexibility index (Phi) is 3.13. The Balaban J connectivity index is 2.41. The third-order valence-corrected chi connectivity index (χ3v) is 2.47. The largest absolute Gasteiger partial charge is 0.382 e. The quantitative estimate of drug-likeness (QED) is 0.638. The van der Waals surface area contributed by atoms with E-state index in [9.17, 15) is 10.1 Å². The Bertz CT molecular complexity index is 579. The molecule has 1 aromatic heterocycles. The van der Waals surface area contributed by atoms with E-state index in [1.807, 2.05) is 0 Å². The highest BCUT2D eigenvalue weighted by molar-refractivity contribution is 5.79. The molecule has 0 unspecified atom stereocenters. The SMILES string of the molecule is CNc1cccc(Nc2cnn(C)c2)c1[N+](=O)[O-]. The monoisotopic (exact) mass is 247 g/mol. The average Bonchev–Trinajstić information content (AvgIpc) is 2.74. The number of nitro benzene ring substituents is 1. The molecule has 0 spiro atoms. The molecule has 18 heavy (non-hydrogen) atoms. The highest BCUT2D eigenvalue weighted by Gasteiger charge is 2.19. The van der Waals surface area contributed by atoms with E-state index in [0.29, 0.717) is 17.1 Å². The first kappa shape index (κ1) is 11.9. The number of benzene rings is 1. The van der Waals surface area contributed by atoms with Crippen LogP contribution < -0.4 is 10.6 Å². The third-order valence-electron chi connectivity index (χ3n) is 2.47. The van der Waals surface area contributed by atoms with Gasteiger partial charge in [-0.05, 0) is 12.1 Å². The molecule has 2 rings (SSSR count). The predicted molar refractivity (Wildman–Crippen MR) is 69.1 cm³/mol. The van der Waals surface area contributed by atoms with Gasteiger partial charge < -0.3 is 10.6 Å². The molecule has 94 valence electrons. The topological polar surface area (TPSA) is 85.0 Å². The van der Waals surface area contributed by atoms with Crippen molar-refractivity contribution < 1.29 is 4.92 Å². The lowest BCUT2D eigenvalue weighted by molar-refractivity contribution is -0.383. The molecule has 0 atom stereocenters. The molecule has 7 nitrogen and oxygen atoms in total. The van der Waals surface area contributed by atoms with Gasteiger partial charge in [-0.15, -0.1) is 0 Å². The summed E-state index contributed by atoms with van der Waals surface area (Å²) in [4.78, 5) is 10.7. The van der Waals surface area contributed by atoms with Crippen molar-refractivity contribution in [2.24, 2.45) is 7.05 Å².